The molecule has 0 unspecified atom stereocenters. The van der Waals surface area contributed by atoms with Crippen molar-refractivity contribution in [1.82, 2.24) is 0 Å². The molecule has 0 amide bonds. The van der Waals surface area contributed by atoms with E-state index in [0.717, 1.165) is 0 Å². The van der Waals surface area contributed by atoms with Crippen LogP contribution in [0.15, 0.2) is 0 Å². The molecular weight excluding hydrogens is 174 g/mol. The van der Waals surface area contributed by atoms with Crippen LogP contribution in [0, 0.1) is 0 Å². The zero-order valence-electron chi connectivity index (χ0n) is 2.54. The monoisotopic (exact) mass is 173 g/mol. The van der Waals surface area contributed by atoms with Crippen molar-refractivity contribution < 1.29 is 8.78 Å². The number of thiocarbonyl (C=S) groups is 1. The maximum Gasteiger partial charge on any atom is 0.337 e. The Morgan fingerprint density at radius 2 is 1.83 bits per heavy atom. The van der Waals surface area contributed by atoms with Crippen molar-refractivity contribution in [2.75, 3.05) is 0 Å². The third kappa shape index (κ3) is 4.43. The summed E-state index contributed by atoms with van der Waals surface area (Å²) in [5.74, 6) is 0. The van der Waals surface area contributed by atoms with Crippen molar-refractivity contribution in [2.45, 2.75) is 4.83 Å². The number of rotatable bonds is 1. The van der Waals surface area contributed by atoms with E-state index >= 15 is 0 Å². The third-order valence-electron chi connectivity index (χ3n) is 0.116. The largest absolute Gasteiger partial charge is 0.337 e. The lowest BCUT2D eigenvalue weighted by Gasteiger charge is -1.91. The number of halogens is 3. The van der Waals surface area contributed by atoms with E-state index in [1.807, 2.05) is 15.9 Å². The molecule has 0 bridgehead atoms. The molecule has 0 nitrogen and oxygen atoms in total. The second-order valence-electron chi connectivity index (χ2n) is 0.600. The first-order chi connectivity index (χ1) is 2.56. The molecular formula is C2BrF2S. The molecule has 0 spiro atoms. The summed E-state index contributed by atoms with van der Waals surface area (Å²) >= 11 is 5.67. The highest BCUT2D eigenvalue weighted by atomic mass is 79.9. The molecule has 0 N–H and O–H groups in total. The van der Waals surface area contributed by atoms with Gasteiger partial charge in [-0.3, -0.25) is 0 Å². The summed E-state index contributed by atoms with van der Waals surface area (Å²) in [5, 5.41) is 1.27. The third-order valence-corrected chi connectivity index (χ3v) is 0.833. The van der Waals surface area contributed by atoms with Gasteiger partial charge in [-0.2, -0.15) is 8.78 Å². The van der Waals surface area contributed by atoms with Crippen LogP contribution in [0.2, 0.25) is 0 Å². The highest BCUT2D eigenvalue weighted by Gasteiger charge is 2.18. The average Bonchev–Trinajstić information content (AvgIpc) is 1.35. The van der Waals surface area contributed by atoms with E-state index < -0.39 is 4.83 Å². The summed E-state index contributed by atoms with van der Waals surface area (Å²) < 4.78 is 22.3. The molecule has 0 saturated carbocycles. The molecule has 0 aliphatic carbocycles. The fraction of sp³-hybridized carbons (Fsp3) is 0.500. The SMILES string of the molecule is FC(F)(Br)[C]=S. The maximum absolute atomic E-state index is 11.2. The lowest BCUT2D eigenvalue weighted by molar-refractivity contribution is 0.202. The quantitative estimate of drug-likeness (QED) is 0.431. The molecule has 0 aliphatic rings. The number of alkyl halides is 3. The predicted octanol–water partition coefficient (Wildman–Crippen LogP) is 1.85. The van der Waals surface area contributed by atoms with Gasteiger partial charge in [-0.25, -0.2) is 0 Å². The molecule has 0 aromatic heterocycles. The Morgan fingerprint density at radius 3 is 1.83 bits per heavy atom. The summed E-state index contributed by atoms with van der Waals surface area (Å²) in [7, 11) is 0. The Balaban J connectivity index is 3.45. The van der Waals surface area contributed by atoms with Crippen molar-refractivity contribution in [2.24, 2.45) is 0 Å². The van der Waals surface area contributed by atoms with Gasteiger partial charge in [0.25, 0.3) is 0 Å². The molecule has 0 rings (SSSR count). The molecule has 0 fully saturated rings. The Hall–Kier alpha value is 0.430. The summed E-state index contributed by atoms with van der Waals surface area (Å²) in [5.41, 5.74) is 0. The second-order valence-corrected chi connectivity index (χ2v) is 1.80. The zero-order chi connectivity index (χ0) is 5.21. The van der Waals surface area contributed by atoms with E-state index in [-0.39, 0.29) is 0 Å². The van der Waals surface area contributed by atoms with Gasteiger partial charge in [-0.15, -0.1) is 0 Å². The van der Waals surface area contributed by atoms with Crippen LogP contribution < -0.4 is 0 Å². The van der Waals surface area contributed by atoms with E-state index in [0.29, 0.717) is 0 Å². The zero-order valence-corrected chi connectivity index (χ0v) is 4.94. The standard InChI is InChI=1S/C2BrF2S/c3-2(4,5)1-6. The minimum Gasteiger partial charge on any atom is -0.187 e. The molecule has 4 heteroatoms. The predicted molar refractivity (Wildman–Crippen MR) is 26.5 cm³/mol. The van der Waals surface area contributed by atoms with Crippen LogP contribution >= 0.6 is 28.1 Å². The van der Waals surface area contributed by atoms with Crippen LogP contribution in [0.5, 0.6) is 0 Å². The van der Waals surface area contributed by atoms with Crippen molar-refractivity contribution in [3.63, 3.8) is 0 Å². The van der Waals surface area contributed by atoms with Crippen molar-refractivity contribution in [3.8, 4) is 0 Å². The van der Waals surface area contributed by atoms with Crippen LogP contribution in [-0.2, 0) is 0 Å². The van der Waals surface area contributed by atoms with Crippen LogP contribution in [-0.4, -0.2) is 10.2 Å². The second kappa shape index (κ2) is 1.93. The van der Waals surface area contributed by atoms with Gasteiger partial charge in [0.2, 0.25) is 0 Å². The van der Waals surface area contributed by atoms with Crippen LogP contribution in [0.3, 0.4) is 0 Å². The van der Waals surface area contributed by atoms with Crippen LogP contribution in [0.25, 0.3) is 0 Å². The van der Waals surface area contributed by atoms with Crippen LogP contribution in [0.1, 0.15) is 0 Å². The van der Waals surface area contributed by atoms with E-state index in [2.05, 4.69) is 12.2 Å². The van der Waals surface area contributed by atoms with E-state index in [1.165, 1.54) is 5.37 Å². The Morgan fingerprint density at radius 1 is 1.67 bits per heavy atom. The highest BCUT2D eigenvalue weighted by Crippen LogP contribution is 2.17. The Kier molecular flexibility index (Phi) is 2.07. The maximum atomic E-state index is 11.2. The molecule has 0 aliphatic heterocycles. The summed E-state index contributed by atoms with van der Waals surface area (Å²) in [6.07, 6.45) is 0. The first kappa shape index (κ1) is 6.43. The number of hydrogen-bond acceptors (Lipinski definition) is 1. The van der Waals surface area contributed by atoms with E-state index in [4.69, 9.17) is 0 Å². The van der Waals surface area contributed by atoms with Gasteiger partial charge in [-0.1, -0.05) is 12.2 Å². The van der Waals surface area contributed by atoms with Gasteiger partial charge in [0.05, 0.1) is 0 Å². The van der Waals surface area contributed by atoms with Gasteiger partial charge >= 0.3 is 4.83 Å². The lowest BCUT2D eigenvalue weighted by Crippen LogP contribution is -2.02. The van der Waals surface area contributed by atoms with Gasteiger partial charge in [0, 0.05) is 0 Å². The minimum absolute atomic E-state index is 1.27. The lowest BCUT2D eigenvalue weighted by atomic mass is 10.9. The van der Waals surface area contributed by atoms with Crippen molar-refractivity contribution in [1.29, 1.82) is 0 Å². The summed E-state index contributed by atoms with van der Waals surface area (Å²) in [4.78, 5) is -3.08. The number of hydrogen-bond donors (Lipinski definition) is 0. The normalized spacial score (nSPS) is 11.2. The van der Waals surface area contributed by atoms with Gasteiger partial charge in [0.1, 0.15) is 5.37 Å². The topological polar surface area (TPSA) is 0 Å². The summed E-state index contributed by atoms with van der Waals surface area (Å²) in [6.45, 7) is 0. The molecule has 35 valence electrons. The van der Waals surface area contributed by atoms with Gasteiger partial charge < -0.3 is 0 Å². The highest BCUT2D eigenvalue weighted by molar-refractivity contribution is 9.10. The van der Waals surface area contributed by atoms with E-state index in [9.17, 15) is 8.78 Å². The molecule has 0 aromatic carbocycles. The Labute approximate surface area is 47.7 Å². The van der Waals surface area contributed by atoms with Crippen molar-refractivity contribution in [3.05, 3.63) is 0 Å². The molecule has 6 heavy (non-hydrogen) atoms. The van der Waals surface area contributed by atoms with Gasteiger partial charge in [-0.05, 0) is 15.9 Å². The van der Waals surface area contributed by atoms with Crippen LogP contribution in [0.4, 0.5) is 8.78 Å². The van der Waals surface area contributed by atoms with Crippen molar-refractivity contribution >= 4 is 33.5 Å². The first-order valence-electron chi connectivity index (χ1n) is 1.02. The molecule has 0 aromatic rings. The van der Waals surface area contributed by atoms with Gasteiger partial charge in [0.15, 0.2) is 0 Å². The molecule has 0 atom stereocenters. The molecule has 0 saturated heterocycles. The first-order valence-corrected chi connectivity index (χ1v) is 2.22. The molecule has 0 heterocycles. The molecule has 1 radical (unpaired) electrons. The fourth-order valence-corrected chi connectivity index (χ4v) is 0. The Bertz CT molecular complexity index is 57.1. The minimum atomic E-state index is -3.08. The fourth-order valence-electron chi connectivity index (χ4n) is 0. The van der Waals surface area contributed by atoms with E-state index in [1.54, 1.807) is 0 Å². The average molecular weight is 174 g/mol. The smallest absolute Gasteiger partial charge is 0.187 e. The summed E-state index contributed by atoms with van der Waals surface area (Å²) in [6, 6.07) is 0.